The molecule has 0 radical (unpaired) electrons. The number of rotatable bonds is 5. The van der Waals surface area contributed by atoms with Crippen molar-refractivity contribution in [2.75, 3.05) is 0 Å². The second-order valence-corrected chi connectivity index (χ2v) is 14.7. The van der Waals surface area contributed by atoms with Crippen LogP contribution in [-0.2, 0) is 0 Å². The Morgan fingerprint density at radius 1 is 0.362 bits per heavy atom. The van der Waals surface area contributed by atoms with Gasteiger partial charge in [0.15, 0.2) is 17.5 Å². The summed E-state index contributed by atoms with van der Waals surface area (Å²) in [4.78, 5) is 15.9. The van der Waals surface area contributed by atoms with Crippen molar-refractivity contribution in [2.45, 2.75) is 0 Å². The lowest BCUT2D eigenvalue weighted by atomic mass is 9.93. The minimum Gasteiger partial charge on any atom is -0.455 e. The van der Waals surface area contributed by atoms with Gasteiger partial charge in [-0.25, -0.2) is 15.0 Å². The summed E-state index contributed by atoms with van der Waals surface area (Å²) in [7, 11) is 0. The molecule has 12 rings (SSSR count). The molecular formula is C53H32N4O. The van der Waals surface area contributed by atoms with Crippen LogP contribution < -0.4 is 0 Å². The molecule has 0 amide bonds. The van der Waals surface area contributed by atoms with E-state index in [0.717, 1.165) is 77.2 Å². The maximum Gasteiger partial charge on any atom is 0.167 e. The zero-order valence-electron chi connectivity index (χ0n) is 31.2. The zero-order chi connectivity index (χ0) is 38.2. The second kappa shape index (κ2) is 12.8. The van der Waals surface area contributed by atoms with Gasteiger partial charge in [0.1, 0.15) is 11.2 Å². The van der Waals surface area contributed by atoms with Gasteiger partial charge in [0.25, 0.3) is 0 Å². The van der Waals surface area contributed by atoms with Crippen LogP contribution in [-0.4, -0.2) is 19.5 Å². The summed E-state index contributed by atoms with van der Waals surface area (Å²) in [5.41, 5.74) is 9.77. The van der Waals surface area contributed by atoms with Crippen LogP contribution in [0, 0.1) is 0 Å². The maximum absolute atomic E-state index is 6.56. The van der Waals surface area contributed by atoms with Gasteiger partial charge in [-0.05, 0) is 75.1 Å². The van der Waals surface area contributed by atoms with Crippen molar-refractivity contribution >= 4 is 65.3 Å². The molecule has 0 N–H and O–H groups in total. The Kier molecular flexibility index (Phi) is 7.16. The maximum atomic E-state index is 6.56. The van der Waals surface area contributed by atoms with E-state index in [-0.39, 0.29) is 0 Å². The number of fused-ring (bicyclic) bond motifs is 9. The Hall–Kier alpha value is -7.89. The summed E-state index contributed by atoms with van der Waals surface area (Å²) in [6.07, 6.45) is 0. The third kappa shape index (κ3) is 5.00. The molecule has 0 saturated carbocycles. The van der Waals surface area contributed by atoms with Crippen LogP contribution in [0.25, 0.3) is 116 Å². The molecule has 0 spiro atoms. The summed E-state index contributed by atoms with van der Waals surface area (Å²) in [5, 5.41) is 9.17. The molecule has 58 heavy (non-hydrogen) atoms. The number of hydrogen-bond acceptors (Lipinski definition) is 4. The highest BCUT2D eigenvalue weighted by molar-refractivity contribution is 6.16. The lowest BCUT2D eigenvalue weighted by Gasteiger charge is -2.13. The molecular weight excluding hydrogens is 709 g/mol. The van der Waals surface area contributed by atoms with Gasteiger partial charge in [-0.1, -0.05) is 152 Å². The average molecular weight is 741 g/mol. The van der Waals surface area contributed by atoms with E-state index in [4.69, 9.17) is 19.4 Å². The van der Waals surface area contributed by atoms with Crippen LogP contribution in [0.4, 0.5) is 0 Å². The summed E-state index contributed by atoms with van der Waals surface area (Å²) < 4.78 is 8.88. The van der Waals surface area contributed by atoms with Crippen LogP contribution in [0.3, 0.4) is 0 Å². The van der Waals surface area contributed by atoms with Gasteiger partial charge in [0.2, 0.25) is 0 Å². The highest BCUT2D eigenvalue weighted by atomic mass is 16.3. The molecule has 0 atom stereocenters. The minimum absolute atomic E-state index is 0.551. The Morgan fingerprint density at radius 3 is 1.88 bits per heavy atom. The monoisotopic (exact) mass is 740 g/mol. The molecule has 5 nitrogen and oxygen atoms in total. The van der Waals surface area contributed by atoms with Crippen molar-refractivity contribution in [3.8, 4) is 51.0 Å². The molecule has 0 unspecified atom stereocenters. The predicted molar refractivity (Wildman–Crippen MR) is 238 cm³/mol. The lowest BCUT2D eigenvalue weighted by Crippen LogP contribution is -2.01. The number of furan rings is 1. The molecule has 270 valence electrons. The van der Waals surface area contributed by atoms with Gasteiger partial charge < -0.3 is 8.98 Å². The van der Waals surface area contributed by atoms with E-state index < -0.39 is 0 Å². The number of aromatic nitrogens is 4. The third-order valence-corrected chi connectivity index (χ3v) is 11.4. The van der Waals surface area contributed by atoms with E-state index in [1.165, 1.54) is 21.5 Å². The number of benzene rings is 9. The van der Waals surface area contributed by atoms with Crippen LogP contribution >= 0.6 is 0 Å². The standard InChI is InChI=1S/C53H32N4O/c1-2-18-37(19-3-1)57-45-27-8-6-22-42(45)49-43(25-13-28-46(49)57)52-54-51(55-53(56-52)44-26-12-24-41-40-21-7-9-29-47(40)58-50(41)44)36-17-10-16-35(32-36)39-23-11-15-34-31-30-33-14-4-5-20-38(33)48(34)39/h1-32H. The van der Waals surface area contributed by atoms with E-state index in [0.29, 0.717) is 17.5 Å². The zero-order valence-corrected chi connectivity index (χ0v) is 31.2. The summed E-state index contributed by atoms with van der Waals surface area (Å²) in [6, 6.07) is 68.0. The highest BCUT2D eigenvalue weighted by Gasteiger charge is 2.22. The van der Waals surface area contributed by atoms with Gasteiger partial charge in [-0.2, -0.15) is 0 Å². The molecule has 0 aliphatic heterocycles. The lowest BCUT2D eigenvalue weighted by molar-refractivity contribution is 0.669. The smallest absolute Gasteiger partial charge is 0.167 e. The molecule has 3 heterocycles. The van der Waals surface area contributed by atoms with Crippen molar-refractivity contribution < 1.29 is 4.42 Å². The third-order valence-electron chi connectivity index (χ3n) is 11.4. The molecule has 0 fully saturated rings. The first-order valence-corrected chi connectivity index (χ1v) is 19.5. The first-order chi connectivity index (χ1) is 28.8. The van der Waals surface area contributed by atoms with Crippen molar-refractivity contribution in [3.63, 3.8) is 0 Å². The number of nitrogens with zero attached hydrogens (tertiary/aromatic N) is 4. The van der Waals surface area contributed by atoms with Gasteiger partial charge >= 0.3 is 0 Å². The van der Waals surface area contributed by atoms with Crippen LogP contribution in [0.2, 0.25) is 0 Å². The topological polar surface area (TPSA) is 56.7 Å². The van der Waals surface area contributed by atoms with Crippen LogP contribution in [0.5, 0.6) is 0 Å². The first kappa shape index (κ1) is 32.4. The molecule has 0 aliphatic carbocycles. The van der Waals surface area contributed by atoms with Crippen molar-refractivity contribution in [1.29, 1.82) is 0 Å². The van der Waals surface area contributed by atoms with Gasteiger partial charge in [-0.3, -0.25) is 0 Å². The Morgan fingerprint density at radius 2 is 0.966 bits per heavy atom. The van der Waals surface area contributed by atoms with Gasteiger partial charge in [0, 0.05) is 38.4 Å². The van der Waals surface area contributed by atoms with Crippen molar-refractivity contribution in [1.82, 2.24) is 19.5 Å². The molecule has 12 aromatic rings. The predicted octanol–water partition coefficient (Wildman–Crippen LogP) is 13.8. The summed E-state index contributed by atoms with van der Waals surface area (Å²) in [5.74, 6) is 1.73. The normalized spacial score (nSPS) is 11.8. The fourth-order valence-corrected chi connectivity index (χ4v) is 8.86. The van der Waals surface area contributed by atoms with E-state index >= 15 is 0 Å². The number of para-hydroxylation sites is 4. The van der Waals surface area contributed by atoms with Crippen molar-refractivity contribution in [3.05, 3.63) is 194 Å². The quantitative estimate of drug-likeness (QED) is 0.165. The van der Waals surface area contributed by atoms with Gasteiger partial charge in [-0.15, -0.1) is 0 Å². The SMILES string of the molecule is c1ccc(-n2c3ccccc3c3c(-c4nc(-c5cccc(-c6cccc7ccc8ccccc8c67)c5)nc(-c5cccc6c5oc5ccccc56)n4)cccc32)cc1. The van der Waals surface area contributed by atoms with Crippen LogP contribution in [0.1, 0.15) is 0 Å². The number of hydrogen-bond donors (Lipinski definition) is 0. The first-order valence-electron chi connectivity index (χ1n) is 19.5. The average Bonchev–Trinajstić information content (AvgIpc) is 3.85. The minimum atomic E-state index is 0.551. The van der Waals surface area contributed by atoms with E-state index in [1.807, 2.05) is 24.3 Å². The van der Waals surface area contributed by atoms with Crippen molar-refractivity contribution in [2.24, 2.45) is 0 Å². The highest BCUT2D eigenvalue weighted by Crippen LogP contribution is 2.41. The molecule has 9 aromatic carbocycles. The molecule has 0 bridgehead atoms. The fraction of sp³-hybridized carbons (Fsp3) is 0. The second-order valence-electron chi connectivity index (χ2n) is 14.7. The van der Waals surface area contributed by atoms with E-state index in [9.17, 15) is 0 Å². The largest absolute Gasteiger partial charge is 0.455 e. The summed E-state index contributed by atoms with van der Waals surface area (Å²) in [6.45, 7) is 0. The Balaban J connectivity index is 1.12. The molecule has 0 aliphatic rings. The fourth-order valence-electron chi connectivity index (χ4n) is 8.86. The molecule has 3 aromatic heterocycles. The van der Waals surface area contributed by atoms with E-state index in [2.05, 4.69) is 174 Å². The summed E-state index contributed by atoms with van der Waals surface area (Å²) >= 11 is 0. The van der Waals surface area contributed by atoms with Crippen LogP contribution in [0.15, 0.2) is 199 Å². The molecule has 5 heteroatoms. The van der Waals surface area contributed by atoms with Gasteiger partial charge in [0.05, 0.1) is 16.6 Å². The van der Waals surface area contributed by atoms with E-state index in [1.54, 1.807) is 0 Å². The molecule has 0 saturated heterocycles. The Bertz CT molecular complexity index is 3580. The Labute approximate surface area is 333 Å².